The minimum atomic E-state index is -1.05. The van der Waals surface area contributed by atoms with Gasteiger partial charge in [-0.15, -0.1) is 11.3 Å². The Morgan fingerprint density at radius 3 is 2.90 bits per heavy atom. The van der Waals surface area contributed by atoms with Crippen LogP contribution in [0.15, 0.2) is 29.6 Å². The van der Waals surface area contributed by atoms with Crippen LogP contribution in [0.25, 0.3) is 11.6 Å². The number of benzene rings is 1. The number of aromatic nitrogens is 1. The number of hydrogen-bond donors (Lipinski definition) is 1. The summed E-state index contributed by atoms with van der Waals surface area (Å²) in [5.41, 5.74) is 1.91. The Morgan fingerprint density at radius 2 is 2.29 bits per heavy atom. The predicted octanol–water partition coefficient (Wildman–Crippen LogP) is 2.98. The molecule has 106 valence electrons. The lowest BCUT2D eigenvalue weighted by molar-refractivity contribution is -0.139. The second-order valence-electron chi connectivity index (χ2n) is 4.18. The highest BCUT2D eigenvalue weighted by atomic mass is 32.1. The van der Waals surface area contributed by atoms with Gasteiger partial charge >= 0.3 is 5.97 Å². The molecule has 0 amide bonds. The number of nitriles is 1. The lowest BCUT2D eigenvalue weighted by Crippen LogP contribution is -2.09. The van der Waals surface area contributed by atoms with E-state index in [0.717, 1.165) is 5.69 Å². The van der Waals surface area contributed by atoms with E-state index in [1.54, 1.807) is 30.3 Å². The van der Waals surface area contributed by atoms with Crippen LogP contribution < -0.4 is 4.74 Å². The van der Waals surface area contributed by atoms with Crippen molar-refractivity contribution in [3.05, 3.63) is 45.9 Å². The Bertz CT molecular complexity index is 729. The van der Waals surface area contributed by atoms with Crippen LogP contribution in [-0.2, 0) is 4.79 Å². The molecule has 0 fully saturated rings. The summed E-state index contributed by atoms with van der Waals surface area (Å²) >= 11 is 1.39. The predicted molar refractivity (Wildman–Crippen MR) is 79.9 cm³/mol. The molecular weight excluding hydrogens is 288 g/mol. The monoisotopic (exact) mass is 300 g/mol. The number of hydrogen-bond acceptors (Lipinski definition) is 5. The molecule has 0 spiro atoms. The van der Waals surface area contributed by atoms with Crippen LogP contribution in [-0.4, -0.2) is 22.7 Å². The number of carbonyl (C=O) groups is 1. The van der Waals surface area contributed by atoms with E-state index in [1.165, 1.54) is 11.3 Å². The van der Waals surface area contributed by atoms with Gasteiger partial charge in [0.05, 0.1) is 5.57 Å². The van der Waals surface area contributed by atoms with Crippen molar-refractivity contribution in [2.24, 2.45) is 0 Å². The number of aryl methyl sites for hydroxylation is 1. The molecule has 0 aliphatic heterocycles. The Labute approximate surface area is 125 Å². The number of thiazole rings is 1. The molecule has 0 atom stereocenters. The number of carboxylic acid groups (broad SMARTS) is 1. The maximum atomic E-state index is 10.6. The van der Waals surface area contributed by atoms with Crippen molar-refractivity contribution >= 4 is 29.0 Å². The molecule has 0 aliphatic carbocycles. The van der Waals surface area contributed by atoms with Crippen LogP contribution in [0.1, 0.15) is 16.3 Å². The molecule has 0 aliphatic rings. The molecule has 1 aromatic carbocycles. The minimum absolute atomic E-state index is 0.416. The van der Waals surface area contributed by atoms with E-state index in [2.05, 4.69) is 11.1 Å². The summed E-state index contributed by atoms with van der Waals surface area (Å²) in [4.78, 5) is 14.9. The SMILES string of the molecule is Cc1csc(/C(C#N)=C\c2ccccc2OCC(=O)O)n1. The third kappa shape index (κ3) is 3.91. The minimum Gasteiger partial charge on any atom is -0.481 e. The molecule has 1 aromatic heterocycles. The molecule has 2 rings (SSSR count). The highest BCUT2D eigenvalue weighted by Crippen LogP contribution is 2.26. The average molecular weight is 300 g/mol. The third-order valence-corrected chi connectivity index (χ3v) is 3.53. The number of aliphatic carboxylic acids is 1. The number of ether oxygens (including phenoxy) is 1. The first-order chi connectivity index (χ1) is 10.1. The second-order valence-corrected chi connectivity index (χ2v) is 5.04. The van der Waals surface area contributed by atoms with E-state index in [9.17, 15) is 10.1 Å². The fraction of sp³-hybridized carbons (Fsp3) is 0.133. The summed E-state index contributed by atoms with van der Waals surface area (Å²) in [6, 6.07) is 9.07. The van der Waals surface area contributed by atoms with E-state index in [0.29, 0.717) is 21.9 Å². The lowest BCUT2D eigenvalue weighted by atomic mass is 10.1. The first-order valence-electron chi connectivity index (χ1n) is 6.08. The van der Waals surface area contributed by atoms with Crippen LogP contribution in [0.4, 0.5) is 0 Å². The molecule has 6 heteroatoms. The highest BCUT2D eigenvalue weighted by molar-refractivity contribution is 7.11. The van der Waals surface area contributed by atoms with Crippen molar-refractivity contribution in [2.75, 3.05) is 6.61 Å². The summed E-state index contributed by atoms with van der Waals surface area (Å²) in [6.45, 7) is 1.43. The number of para-hydroxylation sites is 1. The first-order valence-corrected chi connectivity index (χ1v) is 6.96. The van der Waals surface area contributed by atoms with Crippen molar-refractivity contribution in [1.29, 1.82) is 5.26 Å². The topological polar surface area (TPSA) is 83.2 Å². The highest BCUT2D eigenvalue weighted by Gasteiger charge is 2.09. The maximum absolute atomic E-state index is 10.6. The summed E-state index contributed by atoms with van der Waals surface area (Å²) < 4.78 is 5.21. The third-order valence-electron chi connectivity index (χ3n) is 2.54. The van der Waals surface area contributed by atoms with Crippen LogP contribution in [0, 0.1) is 18.3 Å². The van der Waals surface area contributed by atoms with Gasteiger partial charge in [0.25, 0.3) is 0 Å². The number of nitrogens with zero attached hydrogens (tertiary/aromatic N) is 2. The molecule has 0 bridgehead atoms. The number of rotatable bonds is 5. The van der Waals surface area contributed by atoms with E-state index in [4.69, 9.17) is 9.84 Å². The Kier molecular flexibility index (Phi) is 4.69. The van der Waals surface area contributed by atoms with Gasteiger partial charge in [0.15, 0.2) is 6.61 Å². The number of allylic oxidation sites excluding steroid dienone is 1. The molecule has 1 N–H and O–H groups in total. The van der Waals surface area contributed by atoms with E-state index in [1.807, 2.05) is 12.3 Å². The van der Waals surface area contributed by atoms with Crippen molar-refractivity contribution < 1.29 is 14.6 Å². The van der Waals surface area contributed by atoms with Gasteiger partial charge in [0.1, 0.15) is 16.8 Å². The zero-order chi connectivity index (χ0) is 15.2. The van der Waals surface area contributed by atoms with Crippen molar-refractivity contribution in [3.8, 4) is 11.8 Å². The molecule has 5 nitrogen and oxygen atoms in total. The Hall–Kier alpha value is -2.65. The molecule has 1 heterocycles. The van der Waals surface area contributed by atoms with Gasteiger partial charge in [-0.2, -0.15) is 5.26 Å². The molecule has 0 radical (unpaired) electrons. The lowest BCUT2D eigenvalue weighted by Gasteiger charge is -2.06. The Morgan fingerprint density at radius 1 is 1.52 bits per heavy atom. The second kappa shape index (κ2) is 6.68. The van der Waals surface area contributed by atoms with Crippen LogP contribution in [0.3, 0.4) is 0 Å². The fourth-order valence-electron chi connectivity index (χ4n) is 1.65. The summed E-state index contributed by atoms with van der Waals surface area (Å²) in [7, 11) is 0. The fourth-order valence-corrected chi connectivity index (χ4v) is 2.41. The van der Waals surface area contributed by atoms with Gasteiger partial charge in [-0.1, -0.05) is 18.2 Å². The first kappa shape index (κ1) is 14.8. The van der Waals surface area contributed by atoms with Gasteiger partial charge in [0.2, 0.25) is 0 Å². The van der Waals surface area contributed by atoms with Crippen molar-refractivity contribution in [3.63, 3.8) is 0 Å². The van der Waals surface area contributed by atoms with Gasteiger partial charge in [-0.3, -0.25) is 0 Å². The molecule has 0 saturated heterocycles. The average Bonchev–Trinajstić information content (AvgIpc) is 2.90. The van der Waals surface area contributed by atoms with E-state index < -0.39 is 12.6 Å². The standard InChI is InChI=1S/C15H12N2O3S/c1-10-9-21-15(17-10)12(7-16)6-11-4-2-3-5-13(11)20-8-14(18)19/h2-6,9H,8H2,1H3,(H,18,19)/b12-6-. The Balaban J connectivity index is 2.34. The van der Waals surface area contributed by atoms with Crippen LogP contribution in [0.5, 0.6) is 5.75 Å². The molecule has 2 aromatic rings. The van der Waals surface area contributed by atoms with E-state index >= 15 is 0 Å². The van der Waals surface area contributed by atoms with Crippen molar-refractivity contribution in [2.45, 2.75) is 6.92 Å². The molecule has 21 heavy (non-hydrogen) atoms. The largest absolute Gasteiger partial charge is 0.481 e. The van der Waals surface area contributed by atoms with Gasteiger partial charge in [-0.05, 0) is 19.1 Å². The van der Waals surface area contributed by atoms with Gasteiger partial charge in [-0.25, -0.2) is 9.78 Å². The van der Waals surface area contributed by atoms with Gasteiger partial charge in [0, 0.05) is 16.6 Å². The molecule has 0 unspecified atom stereocenters. The summed E-state index contributed by atoms with van der Waals surface area (Å²) in [5, 5.41) is 20.4. The normalized spacial score (nSPS) is 11.0. The van der Waals surface area contributed by atoms with Crippen molar-refractivity contribution in [1.82, 2.24) is 4.98 Å². The molecular formula is C15H12N2O3S. The molecule has 0 saturated carbocycles. The van der Waals surface area contributed by atoms with E-state index in [-0.39, 0.29) is 0 Å². The zero-order valence-corrected chi connectivity index (χ0v) is 12.1. The number of carboxylic acids is 1. The van der Waals surface area contributed by atoms with Crippen LogP contribution in [0.2, 0.25) is 0 Å². The quantitative estimate of drug-likeness (QED) is 0.858. The summed E-state index contributed by atoms with van der Waals surface area (Å²) in [6.07, 6.45) is 1.65. The zero-order valence-electron chi connectivity index (χ0n) is 11.2. The van der Waals surface area contributed by atoms with Gasteiger partial charge < -0.3 is 9.84 Å². The summed E-state index contributed by atoms with van der Waals surface area (Å²) in [5.74, 6) is -0.634. The smallest absolute Gasteiger partial charge is 0.341 e. The van der Waals surface area contributed by atoms with Crippen LogP contribution >= 0.6 is 11.3 Å². The maximum Gasteiger partial charge on any atom is 0.341 e.